The number of amides is 1. The Labute approximate surface area is 143 Å². The molecule has 0 heterocycles. The molecule has 0 atom stereocenters. The van der Waals surface area contributed by atoms with Gasteiger partial charge in [0.1, 0.15) is 0 Å². The van der Waals surface area contributed by atoms with E-state index in [9.17, 15) is 18.0 Å². The molecular weight excluding hydrogens is 341 g/mol. The molecule has 3 nitrogen and oxygen atoms in total. The number of alkyl halides is 3. The number of para-hydroxylation sites is 1. The van der Waals surface area contributed by atoms with E-state index >= 15 is 0 Å². The normalized spacial score (nSPS) is 11.2. The third-order valence-corrected chi connectivity index (χ3v) is 3.74. The Kier molecular flexibility index (Phi) is 5.72. The molecule has 0 saturated heterocycles. The molecule has 2 rings (SSSR count). The highest BCUT2D eigenvalue weighted by atomic mass is 35.5. The van der Waals surface area contributed by atoms with Gasteiger partial charge in [0, 0.05) is 12.2 Å². The fraction of sp³-hybridized carbons (Fsp3) is 0.235. The van der Waals surface area contributed by atoms with Gasteiger partial charge in [0.15, 0.2) is 0 Å². The first-order valence-corrected chi connectivity index (χ1v) is 7.66. The van der Waals surface area contributed by atoms with Crippen molar-refractivity contribution in [2.45, 2.75) is 13.1 Å². The van der Waals surface area contributed by atoms with Crippen LogP contribution in [-0.2, 0) is 11.0 Å². The van der Waals surface area contributed by atoms with Gasteiger partial charge < -0.3 is 10.2 Å². The monoisotopic (exact) mass is 356 g/mol. The number of anilines is 2. The number of halogens is 4. The number of nitrogens with zero attached hydrogens (tertiary/aromatic N) is 1. The van der Waals surface area contributed by atoms with Gasteiger partial charge in [0.2, 0.25) is 5.91 Å². The molecule has 2 aromatic carbocycles. The Hall–Kier alpha value is -2.21. The fourth-order valence-electron chi connectivity index (χ4n) is 2.21. The van der Waals surface area contributed by atoms with E-state index in [1.807, 2.05) is 25.1 Å². The molecule has 0 saturated carbocycles. The van der Waals surface area contributed by atoms with Gasteiger partial charge in [0.05, 0.1) is 22.8 Å². The second-order valence-corrected chi connectivity index (χ2v) is 5.43. The molecule has 0 radical (unpaired) electrons. The van der Waals surface area contributed by atoms with E-state index in [-0.39, 0.29) is 23.2 Å². The summed E-state index contributed by atoms with van der Waals surface area (Å²) in [6, 6.07) is 12.0. The maximum atomic E-state index is 12.8. The maximum Gasteiger partial charge on any atom is 0.416 e. The van der Waals surface area contributed by atoms with Crippen LogP contribution in [0.2, 0.25) is 5.02 Å². The highest BCUT2D eigenvalue weighted by molar-refractivity contribution is 6.33. The molecule has 0 unspecified atom stereocenters. The lowest BCUT2D eigenvalue weighted by Gasteiger charge is -2.22. The van der Waals surface area contributed by atoms with Gasteiger partial charge in [-0.1, -0.05) is 29.8 Å². The first-order chi connectivity index (χ1) is 11.3. The van der Waals surface area contributed by atoms with Crippen LogP contribution in [0.25, 0.3) is 0 Å². The average molecular weight is 357 g/mol. The standard InChI is InChI=1S/C17H16ClF3N2O/c1-2-23(13-6-4-3-5-7-13)16(24)11-22-15-10-12(17(19,20)21)8-9-14(15)18/h3-10,22H,2,11H2,1H3. The molecule has 2 aromatic rings. The number of hydrogen-bond donors (Lipinski definition) is 1. The van der Waals surface area contributed by atoms with Crippen LogP contribution in [0.15, 0.2) is 48.5 Å². The SMILES string of the molecule is CCN(C(=O)CNc1cc(C(F)(F)F)ccc1Cl)c1ccccc1. The highest BCUT2D eigenvalue weighted by Gasteiger charge is 2.31. The number of carbonyl (C=O) groups is 1. The van der Waals surface area contributed by atoms with Crippen LogP contribution >= 0.6 is 11.6 Å². The van der Waals surface area contributed by atoms with Crippen molar-refractivity contribution in [3.8, 4) is 0 Å². The third kappa shape index (κ3) is 4.41. The van der Waals surface area contributed by atoms with Crippen molar-refractivity contribution >= 4 is 28.9 Å². The zero-order valence-electron chi connectivity index (χ0n) is 12.9. The van der Waals surface area contributed by atoms with Gasteiger partial charge >= 0.3 is 6.18 Å². The number of benzene rings is 2. The van der Waals surface area contributed by atoms with E-state index in [1.54, 1.807) is 12.1 Å². The quantitative estimate of drug-likeness (QED) is 0.832. The summed E-state index contributed by atoms with van der Waals surface area (Å²) in [5, 5.41) is 2.81. The number of rotatable bonds is 5. The van der Waals surface area contributed by atoms with E-state index in [4.69, 9.17) is 11.6 Å². The molecule has 0 fully saturated rings. The van der Waals surface area contributed by atoms with Crippen molar-refractivity contribution in [2.75, 3.05) is 23.3 Å². The zero-order chi connectivity index (χ0) is 17.7. The van der Waals surface area contributed by atoms with E-state index in [2.05, 4.69) is 5.32 Å². The van der Waals surface area contributed by atoms with Crippen LogP contribution < -0.4 is 10.2 Å². The number of carbonyl (C=O) groups excluding carboxylic acids is 1. The lowest BCUT2D eigenvalue weighted by Crippen LogP contribution is -2.35. The Balaban J connectivity index is 2.11. The smallest absolute Gasteiger partial charge is 0.375 e. The summed E-state index contributed by atoms with van der Waals surface area (Å²) in [5.74, 6) is -0.267. The summed E-state index contributed by atoms with van der Waals surface area (Å²) in [6.45, 7) is 2.10. The summed E-state index contributed by atoms with van der Waals surface area (Å²) in [4.78, 5) is 13.9. The second kappa shape index (κ2) is 7.57. The van der Waals surface area contributed by atoms with E-state index in [0.717, 1.165) is 23.9 Å². The van der Waals surface area contributed by atoms with Gasteiger partial charge in [-0.25, -0.2) is 0 Å². The fourth-order valence-corrected chi connectivity index (χ4v) is 2.40. The molecule has 0 aromatic heterocycles. The molecule has 1 N–H and O–H groups in total. The molecule has 128 valence electrons. The van der Waals surface area contributed by atoms with Crippen LogP contribution in [0.4, 0.5) is 24.5 Å². The predicted molar refractivity (Wildman–Crippen MR) is 89.4 cm³/mol. The molecule has 0 bridgehead atoms. The lowest BCUT2D eigenvalue weighted by molar-refractivity contribution is -0.137. The van der Waals surface area contributed by atoms with E-state index < -0.39 is 11.7 Å². The summed E-state index contributed by atoms with van der Waals surface area (Å²) < 4.78 is 38.3. The topological polar surface area (TPSA) is 32.3 Å². The van der Waals surface area contributed by atoms with Gasteiger partial charge in [0.25, 0.3) is 0 Å². The molecule has 0 aliphatic heterocycles. The van der Waals surface area contributed by atoms with Gasteiger partial charge in [-0.3, -0.25) is 4.79 Å². The molecule has 1 amide bonds. The Morgan fingerprint density at radius 3 is 2.42 bits per heavy atom. The number of nitrogens with one attached hydrogen (secondary N) is 1. The number of hydrogen-bond acceptors (Lipinski definition) is 2. The molecule has 0 aliphatic carbocycles. The molecular formula is C17H16ClF3N2O. The largest absolute Gasteiger partial charge is 0.416 e. The average Bonchev–Trinajstić information content (AvgIpc) is 2.54. The Morgan fingerprint density at radius 1 is 1.17 bits per heavy atom. The van der Waals surface area contributed by atoms with Crippen LogP contribution in [0, 0.1) is 0 Å². The van der Waals surface area contributed by atoms with E-state index in [0.29, 0.717) is 6.54 Å². The lowest BCUT2D eigenvalue weighted by atomic mass is 10.2. The molecule has 7 heteroatoms. The van der Waals surface area contributed by atoms with Crippen LogP contribution in [0.5, 0.6) is 0 Å². The van der Waals surface area contributed by atoms with Crippen molar-refractivity contribution in [2.24, 2.45) is 0 Å². The first kappa shape index (κ1) is 18.1. The zero-order valence-corrected chi connectivity index (χ0v) is 13.7. The highest BCUT2D eigenvalue weighted by Crippen LogP contribution is 2.33. The van der Waals surface area contributed by atoms with Gasteiger partial charge in [-0.05, 0) is 37.3 Å². The van der Waals surface area contributed by atoms with Gasteiger partial charge in [-0.15, -0.1) is 0 Å². The van der Waals surface area contributed by atoms with Crippen molar-refractivity contribution in [1.82, 2.24) is 0 Å². The van der Waals surface area contributed by atoms with E-state index in [1.165, 1.54) is 4.90 Å². The first-order valence-electron chi connectivity index (χ1n) is 7.29. The van der Waals surface area contributed by atoms with Crippen molar-refractivity contribution in [3.63, 3.8) is 0 Å². The summed E-state index contributed by atoms with van der Waals surface area (Å²) >= 11 is 5.91. The predicted octanol–water partition coefficient (Wildman–Crippen LogP) is 4.82. The summed E-state index contributed by atoms with van der Waals surface area (Å²) in [7, 11) is 0. The van der Waals surface area contributed by atoms with Crippen LogP contribution in [0.3, 0.4) is 0 Å². The molecule has 24 heavy (non-hydrogen) atoms. The number of likely N-dealkylation sites (N-methyl/N-ethyl adjacent to an activating group) is 1. The van der Waals surface area contributed by atoms with Crippen LogP contribution in [0.1, 0.15) is 12.5 Å². The van der Waals surface area contributed by atoms with Crippen molar-refractivity contribution < 1.29 is 18.0 Å². The Morgan fingerprint density at radius 2 is 1.83 bits per heavy atom. The minimum atomic E-state index is -4.47. The van der Waals surface area contributed by atoms with Crippen molar-refractivity contribution in [3.05, 3.63) is 59.1 Å². The minimum Gasteiger partial charge on any atom is -0.375 e. The molecule has 0 spiro atoms. The van der Waals surface area contributed by atoms with Crippen LogP contribution in [-0.4, -0.2) is 19.0 Å². The maximum absolute atomic E-state index is 12.8. The Bertz CT molecular complexity index is 705. The minimum absolute atomic E-state index is 0.0731. The summed E-state index contributed by atoms with van der Waals surface area (Å²) in [5.41, 5.74) is -0.0249. The second-order valence-electron chi connectivity index (χ2n) is 5.02. The molecule has 0 aliphatic rings. The summed E-state index contributed by atoms with van der Waals surface area (Å²) in [6.07, 6.45) is -4.47. The van der Waals surface area contributed by atoms with Crippen molar-refractivity contribution in [1.29, 1.82) is 0 Å². The van der Waals surface area contributed by atoms with Gasteiger partial charge in [-0.2, -0.15) is 13.2 Å². The third-order valence-electron chi connectivity index (χ3n) is 3.41.